The SMILES string of the molecule is CCCN(CCC)C(=O)C1=Cc2ccc(C(=O)Nc3cncc(CCc4ccccc4)c3)cc2N=C(N)C1. The molecule has 2 heterocycles. The Kier molecular flexibility index (Phi) is 9.03. The van der Waals surface area contributed by atoms with Crippen molar-refractivity contribution in [1.29, 1.82) is 0 Å². The predicted octanol–water partition coefficient (Wildman–Crippen LogP) is 5.54. The molecule has 0 unspecified atom stereocenters. The summed E-state index contributed by atoms with van der Waals surface area (Å²) in [5, 5.41) is 2.94. The summed E-state index contributed by atoms with van der Waals surface area (Å²) in [6.07, 6.45) is 9.10. The van der Waals surface area contributed by atoms with Gasteiger partial charge in [0.05, 0.1) is 17.6 Å². The maximum absolute atomic E-state index is 13.2. The molecule has 196 valence electrons. The molecule has 7 nitrogen and oxygen atoms in total. The van der Waals surface area contributed by atoms with Crippen LogP contribution in [0.1, 0.15) is 60.2 Å². The number of benzene rings is 2. The molecule has 3 aromatic rings. The highest BCUT2D eigenvalue weighted by Gasteiger charge is 2.21. The molecule has 0 bridgehead atoms. The second-order valence-corrected chi connectivity index (χ2v) is 9.54. The highest BCUT2D eigenvalue weighted by atomic mass is 16.2. The molecule has 0 fully saturated rings. The van der Waals surface area contributed by atoms with Crippen molar-refractivity contribution in [2.75, 3.05) is 18.4 Å². The average molecular weight is 510 g/mol. The van der Waals surface area contributed by atoms with Crippen LogP contribution in [0.4, 0.5) is 11.4 Å². The number of hydrogen-bond donors (Lipinski definition) is 2. The Morgan fingerprint density at radius 1 is 0.947 bits per heavy atom. The molecule has 0 spiro atoms. The van der Waals surface area contributed by atoms with Gasteiger partial charge in [-0.25, -0.2) is 4.99 Å². The van der Waals surface area contributed by atoms with Crippen LogP contribution in [0.3, 0.4) is 0 Å². The normalized spacial score (nSPS) is 12.6. The van der Waals surface area contributed by atoms with Crippen molar-refractivity contribution in [3.8, 4) is 0 Å². The molecular weight excluding hydrogens is 474 g/mol. The molecule has 0 atom stereocenters. The van der Waals surface area contributed by atoms with Gasteiger partial charge in [0.1, 0.15) is 5.84 Å². The number of aromatic nitrogens is 1. The number of amides is 2. The molecule has 3 N–H and O–H groups in total. The third-order valence-electron chi connectivity index (χ3n) is 6.40. The lowest BCUT2D eigenvalue weighted by molar-refractivity contribution is -0.127. The Bertz CT molecular complexity index is 1340. The van der Waals surface area contributed by atoms with Gasteiger partial charge in [0.15, 0.2) is 0 Å². The number of aliphatic imine (C=N–C) groups is 1. The minimum Gasteiger partial charge on any atom is -0.387 e. The first-order chi connectivity index (χ1) is 18.5. The molecule has 0 saturated carbocycles. The maximum Gasteiger partial charge on any atom is 0.255 e. The lowest BCUT2D eigenvalue weighted by atomic mass is 10.0. The monoisotopic (exact) mass is 509 g/mol. The number of nitrogens with zero attached hydrogens (tertiary/aromatic N) is 3. The van der Waals surface area contributed by atoms with Gasteiger partial charge in [-0.1, -0.05) is 50.2 Å². The molecule has 1 aliphatic heterocycles. The number of aryl methyl sites for hydroxylation is 2. The van der Waals surface area contributed by atoms with Crippen LogP contribution < -0.4 is 11.1 Å². The summed E-state index contributed by atoms with van der Waals surface area (Å²) in [5.41, 5.74) is 11.5. The molecule has 1 aromatic heterocycles. The summed E-state index contributed by atoms with van der Waals surface area (Å²) >= 11 is 0. The number of rotatable bonds is 10. The molecule has 1 aliphatic rings. The van der Waals surface area contributed by atoms with Gasteiger partial charge in [-0.05, 0) is 61.1 Å². The second kappa shape index (κ2) is 12.8. The largest absolute Gasteiger partial charge is 0.387 e. The maximum atomic E-state index is 13.2. The van der Waals surface area contributed by atoms with Gasteiger partial charge in [-0.3, -0.25) is 14.6 Å². The van der Waals surface area contributed by atoms with Crippen molar-refractivity contribution < 1.29 is 9.59 Å². The van der Waals surface area contributed by atoms with E-state index in [2.05, 4.69) is 41.3 Å². The second-order valence-electron chi connectivity index (χ2n) is 9.54. The van der Waals surface area contributed by atoms with E-state index in [1.54, 1.807) is 18.3 Å². The van der Waals surface area contributed by atoms with E-state index in [0.29, 0.717) is 41.4 Å². The van der Waals surface area contributed by atoms with Gasteiger partial charge in [-0.15, -0.1) is 0 Å². The average Bonchev–Trinajstić information content (AvgIpc) is 3.09. The highest BCUT2D eigenvalue weighted by Crippen LogP contribution is 2.29. The summed E-state index contributed by atoms with van der Waals surface area (Å²) in [4.78, 5) is 37.0. The van der Waals surface area contributed by atoms with Crippen molar-refractivity contribution in [3.05, 3.63) is 94.8 Å². The van der Waals surface area contributed by atoms with Crippen LogP contribution >= 0.6 is 0 Å². The topological polar surface area (TPSA) is 101 Å². The number of hydrogen-bond acceptors (Lipinski definition) is 5. The van der Waals surface area contributed by atoms with Crippen LogP contribution in [-0.2, 0) is 17.6 Å². The molecule has 2 aromatic carbocycles. The fraction of sp³-hybridized carbons (Fsp3) is 0.290. The lowest BCUT2D eigenvalue weighted by Crippen LogP contribution is -2.34. The summed E-state index contributed by atoms with van der Waals surface area (Å²) in [5.74, 6) is 0.0792. The van der Waals surface area contributed by atoms with E-state index >= 15 is 0 Å². The first kappa shape index (κ1) is 26.8. The first-order valence-corrected chi connectivity index (χ1v) is 13.2. The third kappa shape index (κ3) is 6.94. The van der Waals surface area contributed by atoms with Gasteiger partial charge in [0, 0.05) is 42.4 Å². The third-order valence-corrected chi connectivity index (χ3v) is 6.40. The Morgan fingerprint density at radius 2 is 1.68 bits per heavy atom. The van der Waals surface area contributed by atoms with Gasteiger partial charge in [0.25, 0.3) is 5.91 Å². The van der Waals surface area contributed by atoms with Gasteiger partial charge < -0.3 is 16.0 Å². The number of fused-ring (bicyclic) bond motifs is 1. The molecule has 0 saturated heterocycles. The number of anilines is 1. The molecule has 0 radical (unpaired) electrons. The number of amidine groups is 1. The van der Waals surface area contributed by atoms with E-state index in [-0.39, 0.29) is 18.2 Å². The summed E-state index contributed by atoms with van der Waals surface area (Å²) in [6, 6.07) is 17.5. The number of carbonyl (C=O) groups excluding carboxylic acids is 2. The van der Waals surface area contributed by atoms with Crippen LogP contribution in [0, 0.1) is 0 Å². The van der Waals surface area contributed by atoms with Crippen molar-refractivity contribution in [3.63, 3.8) is 0 Å². The van der Waals surface area contributed by atoms with Crippen molar-refractivity contribution >= 4 is 35.1 Å². The first-order valence-electron chi connectivity index (χ1n) is 13.2. The van der Waals surface area contributed by atoms with Crippen LogP contribution in [0.25, 0.3) is 6.08 Å². The number of pyridine rings is 1. The molecule has 4 rings (SSSR count). The number of nitrogens with two attached hydrogens (primary N) is 1. The zero-order valence-corrected chi connectivity index (χ0v) is 22.1. The van der Waals surface area contributed by atoms with E-state index in [0.717, 1.165) is 36.8 Å². The zero-order chi connectivity index (χ0) is 26.9. The molecule has 38 heavy (non-hydrogen) atoms. The Morgan fingerprint density at radius 3 is 2.42 bits per heavy atom. The van der Waals surface area contributed by atoms with Gasteiger partial charge in [-0.2, -0.15) is 0 Å². The minimum absolute atomic E-state index is 0.0128. The van der Waals surface area contributed by atoms with Crippen molar-refractivity contribution in [1.82, 2.24) is 9.88 Å². The minimum atomic E-state index is -0.259. The smallest absolute Gasteiger partial charge is 0.255 e. The van der Waals surface area contributed by atoms with E-state index < -0.39 is 0 Å². The predicted molar refractivity (Wildman–Crippen MR) is 154 cm³/mol. The molecule has 0 aliphatic carbocycles. The van der Waals surface area contributed by atoms with E-state index in [1.165, 1.54) is 5.56 Å². The fourth-order valence-electron chi connectivity index (χ4n) is 4.56. The number of nitrogens with one attached hydrogen (secondary N) is 1. The Labute approximate surface area is 224 Å². The highest BCUT2D eigenvalue weighted by molar-refractivity contribution is 6.07. The molecule has 2 amide bonds. The van der Waals surface area contributed by atoms with E-state index in [4.69, 9.17) is 5.73 Å². The molecular formula is C31H35N5O2. The number of carbonyl (C=O) groups is 2. The van der Waals surface area contributed by atoms with Crippen LogP contribution in [0.5, 0.6) is 0 Å². The summed E-state index contributed by atoms with van der Waals surface area (Å²) in [7, 11) is 0. The van der Waals surface area contributed by atoms with Crippen LogP contribution in [-0.4, -0.2) is 40.6 Å². The standard InChI is InChI=1S/C31H35N5O2/c1-3-14-36(15-4-2)31(38)26-17-24-12-13-25(18-28(24)35-29(32)19-26)30(37)34-27-16-23(20-33-21-27)11-10-22-8-6-5-7-9-22/h5-9,12-13,16-18,20-21H,3-4,10-11,14-15,19H2,1-2H3,(H2,32,35)(H,34,37). The van der Waals surface area contributed by atoms with Crippen molar-refractivity contribution in [2.45, 2.75) is 46.0 Å². The summed E-state index contributed by atoms with van der Waals surface area (Å²) < 4.78 is 0. The van der Waals surface area contributed by atoms with Crippen LogP contribution in [0.15, 0.2) is 77.6 Å². The van der Waals surface area contributed by atoms with Crippen molar-refractivity contribution in [2.24, 2.45) is 10.7 Å². The van der Waals surface area contributed by atoms with E-state index in [1.807, 2.05) is 47.5 Å². The molecule has 7 heteroatoms. The fourth-order valence-corrected chi connectivity index (χ4v) is 4.56. The van der Waals surface area contributed by atoms with Crippen LogP contribution in [0.2, 0.25) is 0 Å². The van der Waals surface area contributed by atoms with Gasteiger partial charge >= 0.3 is 0 Å². The lowest BCUT2D eigenvalue weighted by Gasteiger charge is -2.22. The quantitative estimate of drug-likeness (QED) is 0.374. The zero-order valence-electron chi connectivity index (χ0n) is 22.1. The Hall–Kier alpha value is -4.26. The summed E-state index contributed by atoms with van der Waals surface area (Å²) in [6.45, 7) is 5.53. The van der Waals surface area contributed by atoms with Gasteiger partial charge in [0.2, 0.25) is 5.91 Å². The Balaban J connectivity index is 1.49. The van der Waals surface area contributed by atoms with E-state index in [9.17, 15) is 9.59 Å².